The number of carbonyl (C=O) groups is 1. The molecule has 0 bridgehead atoms. The zero-order valence-electron chi connectivity index (χ0n) is 16.6. The first-order chi connectivity index (χ1) is 14.6. The SMILES string of the molecule is CCOC(=O)C1=CC2(CCC1S(=O)(=O)Nc1ccc(Cl)cc1Br)O[C@H](CO)[C@@H](CO)O2. The summed E-state index contributed by atoms with van der Waals surface area (Å²) in [4.78, 5) is 12.6. The van der Waals surface area contributed by atoms with E-state index in [0.29, 0.717) is 9.50 Å². The van der Waals surface area contributed by atoms with Gasteiger partial charge >= 0.3 is 5.97 Å². The number of aliphatic hydroxyl groups excluding tert-OH is 2. The summed E-state index contributed by atoms with van der Waals surface area (Å²) in [5.41, 5.74) is 0.128. The largest absolute Gasteiger partial charge is 0.463 e. The van der Waals surface area contributed by atoms with Crippen LogP contribution in [0.15, 0.2) is 34.3 Å². The second-order valence-electron chi connectivity index (χ2n) is 7.11. The first-order valence-corrected chi connectivity index (χ1v) is 12.3. The maximum atomic E-state index is 13.2. The van der Waals surface area contributed by atoms with Gasteiger partial charge in [0.1, 0.15) is 17.5 Å². The molecule has 1 aromatic carbocycles. The molecule has 0 amide bonds. The minimum Gasteiger partial charge on any atom is -0.463 e. The lowest BCUT2D eigenvalue weighted by Gasteiger charge is -2.33. The molecule has 1 aliphatic carbocycles. The van der Waals surface area contributed by atoms with Crippen LogP contribution in [-0.4, -0.2) is 67.7 Å². The predicted octanol–water partition coefficient (Wildman–Crippen LogP) is 1.96. The number of nitrogens with one attached hydrogen (secondary N) is 1. The highest BCUT2D eigenvalue weighted by molar-refractivity contribution is 9.10. The van der Waals surface area contributed by atoms with Crippen molar-refractivity contribution in [3.8, 4) is 0 Å². The summed E-state index contributed by atoms with van der Waals surface area (Å²) in [6.45, 7) is 0.856. The van der Waals surface area contributed by atoms with Crippen LogP contribution in [0.4, 0.5) is 5.69 Å². The lowest BCUT2D eigenvalue weighted by Crippen LogP contribution is -2.42. The zero-order valence-corrected chi connectivity index (χ0v) is 19.7. The smallest absolute Gasteiger partial charge is 0.335 e. The van der Waals surface area contributed by atoms with E-state index in [2.05, 4.69) is 20.7 Å². The van der Waals surface area contributed by atoms with Crippen molar-refractivity contribution < 1.29 is 37.6 Å². The molecular weight excluding hydrogens is 518 g/mol. The number of sulfonamides is 1. The summed E-state index contributed by atoms with van der Waals surface area (Å²) in [6, 6.07) is 4.58. The van der Waals surface area contributed by atoms with Gasteiger partial charge < -0.3 is 24.4 Å². The van der Waals surface area contributed by atoms with Crippen LogP contribution >= 0.6 is 27.5 Å². The maximum absolute atomic E-state index is 13.2. The molecule has 3 atom stereocenters. The van der Waals surface area contributed by atoms with Gasteiger partial charge in [-0.15, -0.1) is 0 Å². The molecular formula is C19H23BrClNO8S. The van der Waals surface area contributed by atoms with Crippen LogP contribution in [-0.2, 0) is 29.0 Å². The Morgan fingerprint density at radius 1 is 1.32 bits per heavy atom. The van der Waals surface area contributed by atoms with E-state index in [-0.39, 0.29) is 30.7 Å². The number of rotatable bonds is 7. The van der Waals surface area contributed by atoms with Gasteiger partial charge in [0.2, 0.25) is 10.0 Å². The van der Waals surface area contributed by atoms with E-state index in [0.717, 1.165) is 0 Å². The second kappa shape index (κ2) is 9.74. The molecule has 172 valence electrons. The Labute approximate surface area is 193 Å². The molecule has 2 aliphatic rings. The van der Waals surface area contributed by atoms with Crippen LogP contribution in [0.3, 0.4) is 0 Å². The quantitative estimate of drug-likeness (QED) is 0.447. The van der Waals surface area contributed by atoms with Gasteiger partial charge in [-0.3, -0.25) is 4.72 Å². The molecule has 1 aliphatic heterocycles. The Morgan fingerprint density at radius 3 is 2.52 bits per heavy atom. The minimum atomic E-state index is -4.07. The number of carbonyl (C=O) groups excluding carboxylic acids is 1. The van der Waals surface area contributed by atoms with Crippen LogP contribution in [0.25, 0.3) is 0 Å². The van der Waals surface area contributed by atoms with E-state index in [1.54, 1.807) is 13.0 Å². The standard InChI is InChI=1S/C19H23BrClNO8S/c1-2-28-18(25)12-8-19(29-15(9-23)16(10-24)30-19)6-5-17(12)31(26,27)22-14-4-3-11(21)7-13(14)20/h3-4,7-8,15-17,22-24H,2,5-6,9-10H2,1H3/t15-,16-,17?/m1/s1. The Morgan fingerprint density at radius 2 is 1.97 bits per heavy atom. The van der Waals surface area contributed by atoms with Gasteiger partial charge in [0, 0.05) is 15.9 Å². The number of hydrogen-bond donors (Lipinski definition) is 3. The number of halogens is 2. The van der Waals surface area contributed by atoms with Gasteiger partial charge in [-0.25, -0.2) is 13.2 Å². The Bertz CT molecular complexity index is 958. The number of esters is 1. The van der Waals surface area contributed by atoms with E-state index in [9.17, 15) is 23.4 Å². The van der Waals surface area contributed by atoms with Gasteiger partial charge in [-0.1, -0.05) is 11.6 Å². The van der Waals surface area contributed by atoms with Crippen molar-refractivity contribution in [2.45, 2.75) is 43.0 Å². The molecule has 0 aromatic heterocycles. The number of hydrogen-bond acceptors (Lipinski definition) is 8. The number of ether oxygens (including phenoxy) is 3. The molecule has 1 spiro atoms. The van der Waals surface area contributed by atoms with Crippen molar-refractivity contribution in [2.75, 3.05) is 24.5 Å². The number of anilines is 1. The van der Waals surface area contributed by atoms with E-state index in [1.807, 2.05) is 0 Å². The van der Waals surface area contributed by atoms with Crippen LogP contribution in [0, 0.1) is 0 Å². The van der Waals surface area contributed by atoms with Crippen LogP contribution < -0.4 is 4.72 Å². The average Bonchev–Trinajstić information content (AvgIpc) is 3.07. The molecule has 12 heteroatoms. The lowest BCUT2D eigenvalue weighted by molar-refractivity contribution is -0.154. The highest BCUT2D eigenvalue weighted by Crippen LogP contribution is 2.41. The fraction of sp³-hybridized carbons (Fsp3) is 0.526. The monoisotopic (exact) mass is 539 g/mol. The molecule has 1 heterocycles. The number of benzene rings is 1. The van der Waals surface area contributed by atoms with Gasteiger partial charge in [-0.2, -0.15) is 0 Å². The highest BCUT2D eigenvalue weighted by atomic mass is 79.9. The summed E-state index contributed by atoms with van der Waals surface area (Å²) in [7, 11) is -4.07. The topological polar surface area (TPSA) is 131 Å². The predicted molar refractivity (Wildman–Crippen MR) is 116 cm³/mol. The lowest BCUT2D eigenvalue weighted by atomic mass is 9.94. The van der Waals surface area contributed by atoms with Crippen LogP contribution in [0.2, 0.25) is 5.02 Å². The summed E-state index contributed by atoms with van der Waals surface area (Å²) >= 11 is 9.18. The fourth-order valence-electron chi connectivity index (χ4n) is 3.60. The van der Waals surface area contributed by atoms with Crippen LogP contribution in [0.5, 0.6) is 0 Å². The van der Waals surface area contributed by atoms with Crippen LogP contribution in [0.1, 0.15) is 19.8 Å². The third-order valence-corrected chi connectivity index (χ3v) is 7.66. The number of aliphatic hydroxyl groups is 2. The summed E-state index contributed by atoms with van der Waals surface area (Å²) in [5.74, 6) is -2.25. The van der Waals surface area contributed by atoms with Gasteiger partial charge in [0.25, 0.3) is 0 Å². The first kappa shape index (κ1) is 24.4. The van der Waals surface area contributed by atoms with E-state index in [1.165, 1.54) is 18.2 Å². The summed E-state index contributed by atoms with van der Waals surface area (Å²) < 4.78 is 45.9. The molecule has 0 saturated carbocycles. The molecule has 1 saturated heterocycles. The Balaban J connectivity index is 1.95. The Kier molecular flexibility index (Phi) is 7.67. The molecule has 3 N–H and O–H groups in total. The second-order valence-corrected chi connectivity index (χ2v) is 10.3. The van der Waals surface area contributed by atoms with Crippen molar-refractivity contribution in [1.29, 1.82) is 0 Å². The summed E-state index contributed by atoms with van der Waals surface area (Å²) in [6.07, 6.45) is -0.243. The molecule has 1 aromatic rings. The Hall–Kier alpha value is -1.21. The fourth-order valence-corrected chi connectivity index (χ4v) is 6.07. The first-order valence-electron chi connectivity index (χ1n) is 9.58. The van der Waals surface area contributed by atoms with Crippen molar-refractivity contribution in [1.82, 2.24) is 0 Å². The molecule has 1 unspecified atom stereocenters. The van der Waals surface area contributed by atoms with Crippen molar-refractivity contribution in [3.63, 3.8) is 0 Å². The molecule has 3 rings (SSSR count). The van der Waals surface area contributed by atoms with Gasteiger partial charge in [0.05, 0.1) is 31.1 Å². The summed E-state index contributed by atoms with van der Waals surface area (Å²) in [5, 5.41) is 18.2. The molecule has 0 radical (unpaired) electrons. The van der Waals surface area contributed by atoms with Crippen molar-refractivity contribution >= 4 is 49.2 Å². The third kappa shape index (κ3) is 5.24. The molecule has 1 fully saturated rings. The molecule has 9 nitrogen and oxygen atoms in total. The zero-order chi connectivity index (χ0) is 22.8. The van der Waals surface area contributed by atoms with E-state index >= 15 is 0 Å². The third-order valence-electron chi connectivity index (χ3n) is 5.02. The van der Waals surface area contributed by atoms with E-state index in [4.69, 9.17) is 25.8 Å². The van der Waals surface area contributed by atoms with Crippen molar-refractivity contribution in [2.24, 2.45) is 0 Å². The normalized spacial score (nSPS) is 25.3. The minimum absolute atomic E-state index is 0.0124. The maximum Gasteiger partial charge on any atom is 0.335 e. The van der Waals surface area contributed by atoms with E-state index < -0.39 is 52.5 Å². The highest BCUT2D eigenvalue weighted by Gasteiger charge is 2.51. The van der Waals surface area contributed by atoms with Gasteiger partial charge in [0.15, 0.2) is 5.79 Å². The van der Waals surface area contributed by atoms with Crippen molar-refractivity contribution in [3.05, 3.63) is 39.3 Å². The van der Waals surface area contributed by atoms with Gasteiger partial charge in [-0.05, 0) is 53.5 Å². The molecule has 31 heavy (non-hydrogen) atoms. The average molecular weight is 541 g/mol.